The van der Waals surface area contributed by atoms with Gasteiger partial charge in [0.1, 0.15) is 5.15 Å². The third kappa shape index (κ3) is 2.23. The van der Waals surface area contributed by atoms with Crippen LogP contribution in [0.4, 0.5) is 0 Å². The smallest absolute Gasteiger partial charge is 0.127 e. The Morgan fingerprint density at radius 3 is 2.75 bits per heavy atom. The highest BCUT2D eigenvalue weighted by atomic mass is 35.5. The molecular weight excluding hydrogens is 182 g/mol. The first-order valence-electron chi connectivity index (χ1n) is 3.14. The van der Waals surface area contributed by atoms with Crippen molar-refractivity contribution in [2.45, 2.75) is 0 Å². The summed E-state index contributed by atoms with van der Waals surface area (Å²) in [5.41, 5.74) is 0.551. The molecule has 12 heavy (non-hydrogen) atoms. The van der Waals surface area contributed by atoms with Crippen LogP contribution in [-0.4, -0.2) is 25.4 Å². The molecule has 1 rings (SSSR count). The molecule has 0 radical (unpaired) electrons. The summed E-state index contributed by atoms with van der Waals surface area (Å²) in [4.78, 5) is 0. The van der Waals surface area contributed by atoms with Crippen LogP contribution in [0.3, 0.4) is 0 Å². The summed E-state index contributed by atoms with van der Waals surface area (Å²) < 4.78 is 1.47. The predicted molar refractivity (Wildman–Crippen MR) is 42.7 cm³/mol. The van der Waals surface area contributed by atoms with Crippen LogP contribution in [-0.2, 0) is 7.05 Å². The Labute approximate surface area is 74.0 Å². The summed E-state index contributed by atoms with van der Waals surface area (Å²) in [7, 11) is 1.69. The third-order valence-electron chi connectivity index (χ3n) is 1.22. The van der Waals surface area contributed by atoms with Gasteiger partial charge in [-0.15, -0.1) is 5.23 Å². The molecule has 1 aromatic heterocycles. The summed E-state index contributed by atoms with van der Waals surface area (Å²) in [6, 6.07) is 1.60. The van der Waals surface area contributed by atoms with Crippen molar-refractivity contribution in [3.63, 3.8) is 0 Å². The molecule has 5 nitrogen and oxygen atoms in total. The van der Waals surface area contributed by atoms with Gasteiger partial charge in [-0.3, -0.25) is 15.1 Å². The molecule has 66 valence electrons. The standard InChI is InChI=1S/C6H8ClN3O2/c1-9-6(7)4-5(8-9)2-3-10(11)12/h2-4,11-12H,1H3/b3-2+. The molecule has 0 saturated heterocycles. The molecular formula is C6H8ClN3O2. The molecule has 0 unspecified atom stereocenters. The quantitative estimate of drug-likeness (QED) is 0.685. The van der Waals surface area contributed by atoms with Gasteiger partial charge in [0.05, 0.1) is 11.9 Å². The van der Waals surface area contributed by atoms with Crippen LogP contribution in [0, 0.1) is 0 Å². The van der Waals surface area contributed by atoms with Gasteiger partial charge in [0, 0.05) is 13.1 Å². The van der Waals surface area contributed by atoms with E-state index >= 15 is 0 Å². The maximum atomic E-state index is 8.32. The highest BCUT2D eigenvalue weighted by Crippen LogP contribution is 2.09. The number of hydrogen-bond acceptors (Lipinski definition) is 4. The minimum absolute atomic E-state index is 0.0530. The van der Waals surface area contributed by atoms with Gasteiger partial charge in [0.25, 0.3) is 0 Å². The second-order valence-corrected chi connectivity index (χ2v) is 2.54. The average molecular weight is 190 g/mol. The fourth-order valence-electron chi connectivity index (χ4n) is 0.690. The Balaban J connectivity index is 2.77. The van der Waals surface area contributed by atoms with Crippen molar-refractivity contribution in [3.8, 4) is 0 Å². The van der Waals surface area contributed by atoms with Crippen LogP contribution in [0.2, 0.25) is 5.15 Å². The normalized spacial score (nSPS) is 11.0. The molecule has 0 saturated carbocycles. The zero-order valence-corrected chi connectivity index (χ0v) is 7.10. The number of hydrogen-bond donors (Lipinski definition) is 2. The van der Waals surface area contributed by atoms with Crippen LogP contribution < -0.4 is 0 Å². The first-order chi connectivity index (χ1) is 5.59. The Morgan fingerprint density at radius 1 is 1.67 bits per heavy atom. The van der Waals surface area contributed by atoms with E-state index in [1.807, 2.05) is 0 Å². The summed E-state index contributed by atoms with van der Waals surface area (Å²) in [6.07, 6.45) is 2.45. The monoisotopic (exact) mass is 189 g/mol. The molecule has 0 aromatic carbocycles. The average Bonchev–Trinajstić information content (AvgIpc) is 2.28. The van der Waals surface area contributed by atoms with Crippen molar-refractivity contribution in [1.82, 2.24) is 15.0 Å². The van der Waals surface area contributed by atoms with Gasteiger partial charge in [-0.25, -0.2) is 0 Å². The van der Waals surface area contributed by atoms with Crippen LogP contribution >= 0.6 is 11.6 Å². The van der Waals surface area contributed by atoms with Crippen molar-refractivity contribution in [3.05, 3.63) is 23.1 Å². The summed E-state index contributed by atoms with van der Waals surface area (Å²) >= 11 is 5.67. The molecule has 0 atom stereocenters. The molecule has 0 bridgehead atoms. The highest BCUT2D eigenvalue weighted by molar-refractivity contribution is 6.29. The number of rotatable bonds is 2. The third-order valence-corrected chi connectivity index (χ3v) is 1.57. The Morgan fingerprint density at radius 2 is 2.33 bits per heavy atom. The maximum Gasteiger partial charge on any atom is 0.127 e. The molecule has 0 aliphatic rings. The van der Waals surface area contributed by atoms with Crippen LogP contribution in [0.5, 0.6) is 0 Å². The summed E-state index contributed by atoms with van der Waals surface area (Å²) in [5.74, 6) is 0. The van der Waals surface area contributed by atoms with Gasteiger partial charge in [0.2, 0.25) is 0 Å². The first kappa shape index (κ1) is 9.05. The lowest BCUT2D eigenvalue weighted by atomic mass is 10.4. The molecule has 0 amide bonds. The number of aryl methyl sites for hydroxylation is 1. The molecule has 0 aliphatic carbocycles. The lowest BCUT2D eigenvalue weighted by Crippen LogP contribution is -2.02. The van der Waals surface area contributed by atoms with Gasteiger partial charge >= 0.3 is 0 Å². The Kier molecular flexibility index (Phi) is 2.69. The summed E-state index contributed by atoms with van der Waals surface area (Å²) in [5, 5.41) is 21.0. The Hall–Kier alpha value is -1.04. The maximum absolute atomic E-state index is 8.32. The van der Waals surface area contributed by atoms with E-state index in [0.717, 1.165) is 6.20 Å². The molecule has 0 fully saturated rings. The van der Waals surface area contributed by atoms with Gasteiger partial charge in [0.15, 0.2) is 0 Å². The highest BCUT2D eigenvalue weighted by Gasteiger charge is 1.98. The van der Waals surface area contributed by atoms with Crippen LogP contribution in [0.25, 0.3) is 6.08 Å². The number of aromatic nitrogens is 2. The SMILES string of the molecule is Cn1nc(/C=C/N(O)O)cc1Cl. The van der Waals surface area contributed by atoms with Crippen molar-refractivity contribution in [1.29, 1.82) is 0 Å². The fraction of sp³-hybridized carbons (Fsp3) is 0.167. The van der Waals surface area contributed by atoms with Gasteiger partial charge in [-0.1, -0.05) is 11.6 Å². The first-order valence-corrected chi connectivity index (χ1v) is 3.52. The van der Waals surface area contributed by atoms with Gasteiger partial charge < -0.3 is 0 Å². The van der Waals surface area contributed by atoms with E-state index in [9.17, 15) is 0 Å². The van der Waals surface area contributed by atoms with E-state index in [2.05, 4.69) is 5.10 Å². The Bertz CT molecular complexity index is 275. The van der Waals surface area contributed by atoms with E-state index in [1.54, 1.807) is 13.1 Å². The molecule has 1 heterocycles. The number of nitrogens with zero attached hydrogens (tertiary/aromatic N) is 3. The van der Waals surface area contributed by atoms with E-state index in [4.69, 9.17) is 22.0 Å². The van der Waals surface area contributed by atoms with Crippen LogP contribution in [0.15, 0.2) is 12.3 Å². The topological polar surface area (TPSA) is 61.5 Å². The lowest BCUT2D eigenvalue weighted by Gasteiger charge is -1.96. The second-order valence-electron chi connectivity index (χ2n) is 2.15. The van der Waals surface area contributed by atoms with Crippen molar-refractivity contribution in [2.75, 3.05) is 0 Å². The zero-order chi connectivity index (χ0) is 9.14. The predicted octanol–water partition coefficient (Wildman–Crippen LogP) is 1.12. The number of halogens is 1. The molecule has 1 aromatic rings. The van der Waals surface area contributed by atoms with E-state index in [-0.39, 0.29) is 5.23 Å². The van der Waals surface area contributed by atoms with E-state index < -0.39 is 0 Å². The molecule has 0 spiro atoms. The zero-order valence-electron chi connectivity index (χ0n) is 6.35. The van der Waals surface area contributed by atoms with Gasteiger partial charge in [-0.05, 0) is 6.08 Å². The lowest BCUT2D eigenvalue weighted by molar-refractivity contribution is -0.266. The second kappa shape index (κ2) is 3.57. The van der Waals surface area contributed by atoms with Gasteiger partial charge in [-0.2, -0.15) is 5.10 Å². The largest absolute Gasteiger partial charge is 0.264 e. The minimum atomic E-state index is -0.0530. The van der Waals surface area contributed by atoms with Crippen LogP contribution in [0.1, 0.15) is 5.69 Å². The minimum Gasteiger partial charge on any atom is -0.264 e. The summed E-state index contributed by atoms with van der Waals surface area (Å²) in [6.45, 7) is 0. The van der Waals surface area contributed by atoms with Crippen molar-refractivity contribution < 1.29 is 10.4 Å². The fourth-order valence-corrected chi connectivity index (χ4v) is 0.839. The molecule has 6 heteroatoms. The van der Waals surface area contributed by atoms with Crippen molar-refractivity contribution in [2.24, 2.45) is 7.05 Å². The van der Waals surface area contributed by atoms with E-state index in [1.165, 1.54) is 10.8 Å². The van der Waals surface area contributed by atoms with E-state index in [0.29, 0.717) is 10.8 Å². The van der Waals surface area contributed by atoms with Crippen molar-refractivity contribution >= 4 is 17.7 Å². The molecule has 0 aliphatic heterocycles. The molecule has 2 N–H and O–H groups in total. The number of hydroxylamine groups is 2.